The third-order valence-electron chi connectivity index (χ3n) is 2.48. The van der Waals surface area contributed by atoms with E-state index in [1.54, 1.807) is 25.3 Å². The van der Waals surface area contributed by atoms with Crippen molar-refractivity contribution in [3.05, 3.63) is 30.0 Å². The molecule has 1 aromatic carbocycles. The fourth-order valence-electron chi connectivity index (χ4n) is 1.60. The molecule has 0 aromatic heterocycles. The molecule has 0 spiro atoms. The summed E-state index contributed by atoms with van der Waals surface area (Å²) in [6.07, 6.45) is 3.39. The predicted octanol–water partition coefficient (Wildman–Crippen LogP) is 1.66. The fourth-order valence-corrected chi connectivity index (χ4v) is 1.60. The van der Waals surface area contributed by atoms with Gasteiger partial charge in [-0.25, -0.2) is 0 Å². The lowest BCUT2D eigenvalue weighted by Gasteiger charge is -2.26. The van der Waals surface area contributed by atoms with Crippen LogP contribution in [0.2, 0.25) is 0 Å². The standard InChI is InChI=1S/C12H13NO3/c1-13-10-5-3-4-9(6-7-15-2)12(10)16-8-11(13)14/h3-7H,8H2,1-2H3. The lowest BCUT2D eigenvalue weighted by atomic mass is 10.1. The van der Waals surface area contributed by atoms with Crippen LogP contribution in [-0.4, -0.2) is 26.7 Å². The maximum absolute atomic E-state index is 11.4. The number of anilines is 1. The van der Waals surface area contributed by atoms with E-state index in [-0.39, 0.29) is 12.5 Å². The first-order chi connectivity index (χ1) is 7.74. The zero-order chi connectivity index (χ0) is 11.5. The van der Waals surface area contributed by atoms with Gasteiger partial charge in [0.05, 0.1) is 19.1 Å². The second-order valence-corrected chi connectivity index (χ2v) is 3.48. The molecule has 0 bridgehead atoms. The molecule has 1 aromatic rings. The fraction of sp³-hybridized carbons (Fsp3) is 0.250. The zero-order valence-electron chi connectivity index (χ0n) is 9.27. The molecule has 1 heterocycles. The number of hydrogen-bond acceptors (Lipinski definition) is 3. The van der Waals surface area contributed by atoms with Crippen LogP contribution >= 0.6 is 0 Å². The van der Waals surface area contributed by atoms with E-state index in [0.29, 0.717) is 0 Å². The van der Waals surface area contributed by atoms with E-state index in [9.17, 15) is 4.79 Å². The van der Waals surface area contributed by atoms with E-state index in [1.807, 2.05) is 24.3 Å². The number of hydrogen-bond donors (Lipinski definition) is 0. The molecule has 84 valence electrons. The number of fused-ring (bicyclic) bond motifs is 1. The number of amides is 1. The molecule has 0 aliphatic carbocycles. The van der Waals surface area contributed by atoms with Crippen molar-refractivity contribution in [2.24, 2.45) is 0 Å². The number of methoxy groups -OCH3 is 1. The highest BCUT2D eigenvalue weighted by Crippen LogP contribution is 2.35. The van der Waals surface area contributed by atoms with Crippen molar-refractivity contribution in [1.29, 1.82) is 0 Å². The van der Waals surface area contributed by atoms with E-state index < -0.39 is 0 Å². The molecule has 0 saturated heterocycles. The van der Waals surface area contributed by atoms with Crippen LogP contribution in [-0.2, 0) is 9.53 Å². The quantitative estimate of drug-likeness (QED) is 0.710. The van der Waals surface area contributed by atoms with Gasteiger partial charge in [0.15, 0.2) is 12.4 Å². The van der Waals surface area contributed by atoms with Gasteiger partial charge in [-0.2, -0.15) is 0 Å². The van der Waals surface area contributed by atoms with Crippen LogP contribution in [0.15, 0.2) is 24.5 Å². The minimum absolute atomic E-state index is 0.0413. The Morgan fingerprint density at radius 1 is 1.50 bits per heavy atom. The number of ether oxygens (including phenoxy) is 2. The van der Waals surface area contributed by atoms with Gasteiger partial charge in [0.25, 0.3) is 5.91 Å². The summed E-state index contributed by atoms with van der Waals surface area (Å²) in [5, 5.41) is 0. The summed E-state index contributed by atoms with van der Waals surface area (Å²) in [6, 6.07) is 5.65. The maximum Gasteiger partial charge on any atom is 0.264 e. The molecule has 0 saturated carbocycles. The van der Waals surface area contributed by atoms with Crippen LogP contribution in [0.1, 0.15) is 5.56 Å². The van der Waals surface area contributed by atoms with Crippen molar-refractivity contribution in [2.75, 3.05) is 25.7 Å². The van der Waals surface area contributed by atoms with Crippen molar-refractivity contribution in [2.45, 2.75) is 0 Å². The highest BCUT2D eigenvalue weighted by molar-refractivity contribution is 5.98. The van der Waals surface area contributed by atoms with Crippen molar-refractivity contribution in [3.63, 3.8) is 0 Å². The molecular weight excluding hydrogens is 206 g/mol. The van der Waals surface area contributed by atoms with E-state index in [1.165, 1.54) is 0 Å². The molecule has 1 amide bonds. The van der Waals surface area contributed by atoms with Crippen molar-refractivity contribution in [3.8, 4) is 5.75 Å². The zero-order valence-corrected chi connectivity index (χ0v) is 9.27. The third-order valence-corrected chi connectivity index (χ3v) is 2.48. The van der Waals surface area contributed by atoms with E-state index in [2.05, 4.69) is 0 Å². The Hall–Kier alpha value is -1.97. The Kier molecular flexibility index (Phi) is 2.81. The normalized spacial score (nSPS) is 14.9. The topological polar surface area (TPSA) is 38.8 Å². The molecule has 0 radical (unpaired) electrons. The van der Waals surface area contributed by atoms with Gasteiger partial charge in [-0.15, -0.1) is 0 Å². The van der Waals surface area contributed by atoms with Gasteiger partial charge in [-0.05, 0) is 12.1 Å². The average Bonchev–Trinajstić information content (AvgIpc) is 2.31. The van der Waals surface area contributed by atoms with Crippen LogP contribution in [0.25, 0.3) is 6.08 Å². The number of benzene rings is 1. The Morgan fingerprint density at radius 2 is 2.31 bits per heavy atom. The van der Waals surface area contributed by atoms with Crippen molar-refractivity contribution < 1.29 is 14.3 Å². The minimum atomic E-state index is -0.0413. The SMILES string of the molecule is COC=Cc1cccc2c1OCC(=O)N2C. The molecule has 0 unspecified atom stereocenters. The molecule has 1 aliphatic rings. The third kappa shape index (κ3) is 1.74. The number of carbonyl (C=O) groups is 1. The number of carbonyl (C=O) groups excluding carboxylic acids is 1. The smallest absolute Gasteiger partial charge is 0.264 e. The summed E-state index contributed by atoms with van der Waals surface area (Å²) in [5.74, 6) is 0.679. The molecule has 1 aliphatic heterocycles. The van der Waals surface area contributed by atoms with E-state index >= 15 is 0 Å². The molecule has 4 nitrogen and oxygen atoms in total. The monoisotopic (exact) mass is 219 g/mol. The van der Waals surface area contributed by atoms with Crippen molar-refractivity contribution >= 4 is 17.7 Å². The second-order valence-electron chi connectivity index (χ2n) is 3.48. The predicted molar refractivity (Wildman–Crippen MR) is 61.4 cm³/mol. The van der Waals surface area contributed by atoms with Gasteiger partial charge in [-0.1, -0.05) is 12.1 Å². The number of para-hydroxylation sites is 1. The molecule has 16 heavy (non-hydrogen) atoms. The first-order valence-corrected chi connectivity index (χ1v) is 4.95. The first kappa shape index (κ1) is 10.5. The minimum Gasteiger partial charge on any atom is -0.504 e. The summed E-state index contributed by atoms with van der Waals surface area (Å²) in [5.41, 5.74) is 1.69. The lowest BCUT2D eigenvalue weighted by molar-refractivity contribution is -0.120. The van der Waals surface area contributed by atoms with E-state index in [4.69, 9.17) is 9.47 Å². The van der Waals surface area contributed by atoms with Gasteiger partial charge < -0.3 is 14.4 Å². The Morgan fingerprint density at radius 3 is 3.06 bits per heavy atom. The molecular formula is C12H13NO3. The lowest BCUT2D eigenvalue weighted by Crippen LogP contribution is -2.35. The van der Waals surface area contributed by atoms with Gasteiger partial charge >= 0.3 is 0 Å². The summed E-state index contributed by atoms with van der Waals surface area (Å²) in [7, 11) is 3.33. The highest BCUT2D eigenvalue weighted by Gasteiger charge is 2.23. The molecule has 0 N–H and O–H groups in total. The molecule has 0 atom stereocenters. The van der Waals surface area contributed by atoms with Gasteiger partial charge in [-0.3, -0.25) is 4.79 Å². The second kappa shape index (κ2) is 4.26. The number of rotatable bonds is 2. The highest BCUT2D eigenvalue weighted by atomic mass is 16.5. The van der Waals surface area contributed by atoms with Crippen LogP contribution in [0.4, 0.5) is 5.69 Å². The Labute approximate surface area is 94.1 Å². The first-order valence-electron chi connectivity index (χ1n) is 4.95. The molecule has 0 fully saturated rings. The van der Waals surface area contributed by atoms with Gasteiger partial charge in [0, 0.05) is 12.6 Å². The van der Waals surface area contributed by atoms with Crippen LogP contribution < -0.4 is 9.64 Å². The molecule has 4 heteroatoms. The van der Waals surface area contributed by atoms with Crippen molar-refractivity contribution in [1.82, 2.24) is 0 Å². The summed E-state index contributed by atoms with van der Waals surface area (Å²) >= 11 is 0. The van der Waals surface area contributed by atoms with E-state index in [0.717, 1.165) is 17.0 Å². The summed E-state index contributed by atoms with van der Waals surface area (Å²) < 4.78 is 10.3. The number of likely N-dealkylation sites (N-methyl/N-ethyl adjacent to an activating group) is 1. The Balaban J connectivity index is 2.44. The summed E-state index contributed by atoms with van der Waals surface area (Å²) in [6.45, 7) is 0.0847. The van der Waals surface area contributed by atoms with Crippen LogP contribution in [0.5, 0.6) is 5.75 Å². The van der Waals surface area contributed by atoms with Crippen LogP contribution in [0.3, 0.4) is 0 Å². The number of nitrogens with zero attached hydrogens (tertiary/aromatic N) is 1. The van der Waals surface area contributed by atoms with Crippen LogP contribution in [0, 0.1) is 0 Å². The Bertz CT molecular complexity index is 440. The molecule has 2 rings (SSSR count). The summed E-state index contributed by atoms with van der Waals surface area (Å²) in [4.78, 5) is 13.0. The van der Waals surface area contributed by atoms with Gasteiger partial charge in [0.2, 0.25) is 0 Å². The maximum atomic E-state index is 11.4. The van der Waals surface area contributed by atoms with Gasteiger partial charge in [0.1, 0.15) is 0 Å². The average molecular weight is 219 g/mol. The largest absolute Gasteiger partial charge is 0.504 e.